The average molecular weight is 498 g/mol. The Morgan fingerprint density at radius 2 is 1.71 bits per heavy atom. The number of amides is 2. The van der Waals surface area contributed by atoms with Gasteiger partial charge in [0.1, 0.15) is 0 Å². The highest BCUT2D eigenvalue weighted by Crippen LogP contribution is 2.25. The van der Waals surface area contributed by atoms with E-state index in [0.29, 0.717) is 31.6 Å². The van der Waals surface area contributed by atoms with Crippen LogP contribution in [0.2, 0.25) is 0 Å². The molecule has 2 atom stereocenters. The molecule has 1 heterocycles. The van der Waals surface area contributed by atoms with Gasteiger partial charge in [0, 0.05) is 31.2 Å². The summed E-state index contributed by atoms with van der Waals surface area (Å²) >= 11 is 0. The first-order valence-electron chi connectivity index (χ1n) is 11.8. The molecule has 1 aliphatic rings. The average Bonchev–Trinajstić information content (AvgIpc) is 2.83. The Morgan fingerprint density at radius 1 is 1.09 bits per heavy atom. The third-order valence-corrected chi connectivity index (χ3v) is 8.29. The second-order valence-electron chi connectivity index (χ2n) is 10.1. The van der Waals surface area contributed by atoms with Gasteiger partial charge >= 0.3 is 0 Å². The number of nitrogens with one attached hydrogen (secondary N) is 2. The lowest BCUT2D eigenvalue weighted by atomic mass is 9.87. The molecule has 7 nitrogen and oxygen atoms in total. The summed E-state index contributed by atoms with van der Waals surface area (Å²) < 4.78 is 27.7. The van der Waals surface area contributed by atoms with Crippen molar-refractivity contribution in [3.05, 3.63) is 77.9 Å². The molecule has 0 radical (unpaired) electrons. The summed E-state index contributed by atoms with van der Waals surface area (Å²) in [5.74, 6) is -0.555. The SMILES string of the molecule is C=CC(=O)NC1CCN(S(=O)(=O)c2ccc(C(=O)NCc3ccc(C(C)(C)C)cc3)cc2)CC1C. The number of hydrogen-bond acceptors (Lipinski definition) is 4. The van der Waals surface area contributed by atoms with E-state index in [-0.39, 0.29) is 34.1 Å². The number of carbonyl (C=O) groups is 2. The van der Waals surface area contributed by atoms with Crippen LogP contribution >= 0.6 is 0 Å². The fraction of sp³-hybridized carbons (Fsp3) is 0.407. The number of rotatable bonds is 7. The third-order valence-electron chi connectivity index (χ3n) is 6.41. The molecule has 2 aromatic rings. The van der Waals surface area contributed by atoms with E-state index >= 15 is 0 Å². The number of hydrogen-bond donors (Lipinski definition) is 2. The largest absolute Gasteiger partial charge is 0.349 e. The van der Waals surface area contributed by atoms with Crippen molar-refractivity contribution in [3.63, 3.8) is 0 Å². The van der Waals surface area contributed by atoms with Gasteiger partial charge in [-0.15, -0.1) is 0 Å². The van der Waals surface area contributed by atoms with Crippen LogP contribution in [0.15, 0.2) is 66.1 Å². The van der Waals surface area contributed by atoms with Gasteiger partial charge in [0.25, 0.3) is 5.91 Å². The monoisotopic (exact) mass is 497 g/mol. The zero-order valence-electron chi connectivity index (χ0n) is 20.9. The minimum absolute atomic E-state index is 0.0371. The lowest BCUT2D eigenvalue weighted by Crippen LogP contribution is -2.51. The van der Waals surface area contributed by atoms with E-state index < -0.39 is 10.0 Å². The molecule has 1 aliphatic heterocycles. The fourth-order valence-corrected chi connectivity index (χ4v) is 5.67. The maximum Gasteiger partial charge on any atom is 0.251 e. The molecule has 2 aromatic carbocycles. The Labute approximate surface area is 208 Å². The molecular weight excluding hydrogens is 462 g/mol. The summed E-state index contributed by atoms with van der Waals surface area (Å²) in [7, 11) is -3.70. The first-order chi connectivity index (χ1) is 16.4. The van der Waals surface area contributed by atoms with Gasteiger partial charge in [-0.2, -0.15) is 4.31 Å². The van der Waals surface area contributed by atoms with E-state index in [1.165, 1.54) is 40.2 Å². The minimum Gasteiger partial charge on any atom is -0.349 e. The maximum atomic E-state index is 13.1. The van der Waals surface area contributed by atoms with Crippen LogP contribution in [0.5, 0.6) is 0 Å². The standard InChI is InChI=1S/C27H35N3O4S/c1-6-25(31)29-24-15-16-30(18-19(24)2)35(33,34)23-13-9-21(10-14-23)26(32)28-17-20-7-11-22(12-8-20)27(3,4)5/h6-14,19,24H,1,15-18H2,2-5H3,(H,28,32)(H,29,31). The first-order valence-corrected chi connectivity index (χ1v) is 13.3. The maximum absolute atomic E-state index is 13.1. The van der Waals surface area contributed by atoms with E-state index in [2.05, 4.69) is 50.1 Å². The molecule has 0 spiro atoms. The summed E-state index contributed by atoms with van der Waals surface area (Å²) in [4.78, 5) is 24.3. The highest BCUT2D eigenvalue weighted by atomic mass is 32.2. The normalized spacial score (nSPS) is 19.1. The summed E-state index contributed by atoms with van der Waals surface area (Å²) in [6, 6.07) is 14.1. The highest BCUT2D eigenvalue weighted by molar-refractivity contribution is 7.89. The van der Waals surface area contributed by atoms with Crippen molar-refractivity contribution in [1.29, 1.82) is 0 Å². The number of piperidine rings is 1. The van der Waals surface area contributed by atoms with E-state index in [1.807, 2.05) is 19.1 Å². The molecule has 1 fully saturated rings. The molecule has 1 saturated heterocycles. The number of carbonyl (C=O) groups excluding carboxylic acids is 2. The Balaban J connectivity index is 1.60. The van der Waals surface area contributed by atoms with Crippen molar-refractivity contribution < 1.29 is 18.0 Å². The van der Waals surface area contributed by atoms with Gasteiger partial charge in [-0.05, 0) is 59.2 Å². The Morgan fingerprint density at radius 3 is 2.26 bits per heavy atom. The second kappa shape index (κ2) is 10.7. The van der Waals surface area contributed by atoms with Crippen LogP contribution in [0.25, 0.3) is 0 Å². The van der Waals surface area contributed by atoms with E-state index in [1.54, 1.807) is 0 Å². The molecule has 0 saturated carbocycles. The van der Waals surface area contributed by atoms with Crippen molar-refractivity contribution in [1.82, 2.24) is 14.9 Å². The van der Waals surface area contributed by atoms with Crippen molar-refractivity contribution in [2.45, 2.75) is 57.0 Å². The van der Waals surface area contributed by atoms with Gasteiger partial charge in [0.2, 0.25) is 15.9 Å². The van der Waals surface area contributed by atoms with Gasteiger partial charge in [-0.1, -0.05) is 58.5 Å². The van der Waals surface area contributed by atoms with E-state index in [0.717, 1.165) is 5.56 Å². The fourth-order valence-electron chi connectivity index (χ4n) is 4.12. The predicted octanol–water partition coefficient (Wildman–Crippen LogP) is 3.62. The Kier molecular flexibility index (Phi) is 8.18. The van der Waals surface area contributed by atoms with Crippen molar-refractivity contribution >= 4 is 21.8 Å². The molecule has 35 heavy (non-hydrogen) atoms. The molecule has 0 aliphatic carbocycles. The summed E-state index contributed by atoms with van der Waals surface area (Å²) in [6.07, 6.45) is 1.74. The highest BCUT2D eigenvalue weighted by Gasteiger charge is 2.34. The molecule has 8 heteroatoms. The number of benzene rings is 2. The van der Waals surface area contributed by atoms with Gasteiger partial charge in [-0.3, -0.25) is 9.59 Å². The first kappa shape index (κ1) is 26.6. The summed E-state index contributed by atoms with van der Waals surface area (Å²) in [5, 5.41) is 5.75. The van der Waals surface area contributed by atoms with Crippen LogP contribution in [0.4, 0.5) is 0 Å². The van der Waals surface area contributed by atoms with Crippen molar-refractivity contribution in [2.24, 2.45) is 5.92 Å². The zero-order valence-corrected chi connectivity index (χ0v) is 21.7. The van der Waals surface area contributed by atoms with Gasteiger partial charge in [-0.25, -0.2) is 8.42 Å². The van der Waals surface area contributed by atoms with Gasteiger partial charge < -0.3 is 10.6 Å². The lowest BCUT2D eigenvalue weighted by Gasteiger charge is -2.36. The smallest absolute Gasteiger partial charge is 0.251 e. The summed E-state index contributed by atoms with van der Waals surface area (Å²) in [6.45, 7) is 12.8. The van der Waals surface area contributed by atoms with Crippen LogP contribution in [0, 0.1) is 5.92 Å². The quantitative estimate of drug-likeness (QED) is 0.571. The molecule has 3 rings (SSSR count). The van der Waals surface area contributed by atoms with Crippen LogP contribution < -0.4 is 10.6 Å². The molecule has 2 unspecified atom stereocenters. The zero-order chi connectivity index (χ0) is 25.8. The number of sulfonamides is 1. The van der Waals surface area contributed by atoms with Crippen LogP contribution in [-0.4, -0.2) is 43.7 Å². The van der Waals surface area contributed by atoms with Gasteiger partial charge in [0.15, 0.2) is 0 Å². The van der Waals surface area contributed by atoms with Gasteiger partial charge in [0.05, 0.1) is 4.90 Å². The van der Waals surface area contributed by atoms with Crippen molar-refractivity contribution in [2.75, 3.05) is 13.1 Å². The van der Waals surface area contributed by atoms with Crippen LogP contribution in [0.3, 0.4) is 0 Å². The number of nitrogens with zero attached hydrogens (tertiary/aromatic N) is 1. The van der Waals surface area contributed by atoms with E-state index in [9.17, 15) is 18.0 Å². The Bertz CT molecular complexity index is 1170. The Hall–Kier alpha value is -2.97. The topological polar surface area (TPSA) is 95.6 Å². The molecular formula is C27H35N3O4S. The van der Waals surface area contributed by atoms with Crippen LogP contribution in [0.1, 0.15) is 55.6 Å². The van der Waals surface area contributed by atoms with Crippen molar-refractivity contribution in [3.8, 4) is 0 Å². The third kappa shape index (κ3) is 6.58. The molecule has 0 aromatic heterocycles. The van der Waals surface area contributed by atoms with E-state index in [4.69, 9.17) is 0 Å². The predicted molar refractivity (Wildman–Crippen MR) is 137 cm³/mol. The molecule has 2 N–H and O–H groups in total. The molecule has 2 amide bonds. The van der Waals surface area contributed by atoms with Crippen LogP contribution in [-0.2, 0) is 26.8 Å². The molecule has 188 valence electrons. The lowest BCUT2D eigenvalue weighted by molar-refractivity contribution is -0.117. The molecule has 0 bridgehead atoms. The summed E-state index contributed by atoms with van der Waals surface area (Å²) in [5.41, 5.74) is 2.69. The minimum atomic E-state index is -3.70. The second-order valence-corrected chi connectivity index (χ2v) is 12.0.